The molecule has 10 nitrogen and oxygen atoms in total. The Morgan fingerprint density at radius 1 is 0.400 bits per heavy atom. The van der Waals surface area contributed by atoms with Crippen LogP contribution < -0.4 is 0 Å². The van der Waals surface area contributed by atoms with Crippen molar-refractivity contribution < 1.29 is 30.0 Å². The molecule has 1 aliphatic rings. The highest BCUT2D eigenvalue weighted by molar-refractivity contribution is 8.76. The monoisotopic (exact) mass is 1230 g/mol. The molecule has 12 heteroatoms. The lowest BCUT2D eigenvalue weighted by atomic mass is 10.1. The number of aliphatic hydroxyl groups excluding tert-OH is 4. The minimum atomic E-state index is -0.410. The number of unbranched alkanes of at least 4 members (excludes halogenated alkanes) is 26. The quantitative estimate of drug-likeness (QED) is 0.0201. The minimum absolute atomic E-state index is 0.123. The first kappa shape index (κ1) is 81.8. The zero-order valence-electron chi connectivity index (χ0n) is 56.2. The lowest BCUT2D eigenvalue weighted by Crippen LogP contribution is -2.47. The smallest absolute Gasteiger partial charge is 0.305 e. The topological polar surface area (TPSA) is 120 Å². The molecule has 0 radical (unpaired) electrons. The summed E-state index contributed by atoms with van der Waals surface area (Å²) in [4.78, 5) is 22.4. The number of ether oxygens (including phenoxy) is 1. The molecule has 0 amide bonds. The Morgan fingerprint density at radius 3 is 1.14 bits per heavy atom. The van der Waals surface area contributed by atoms with Gasteiger partial charge in [0.05, 0.1) is 24.4 Å². The van der Waals surface area contributed by atoms with Gasteiger partial charge in [0.2, 0.25) is 0 Å². The van der Waals surface area contributed by atoms with Gasteiger partial charge >= 0.3 is 5.97 Å². The van der Waals surface area contributed by atoms with E-state index in [1.807, 2.05) is 21.6 Å². The van der Waals surface area contributed by atoms with Crippen LogP contribution in [0.4, 0.5) is 0 Å². The van der Waals surface area contributed by atoms with Crippen LogP contribution in [0.25, 0.3) is 0 Å². The van der Waals surface area contributed by atoms with E-state index in [-0.39, 0.29) is 18.2 Å². The molecule has 0 spiro atoms. The van der Waals surface area contributed by atoms with Gasteiger partial charge in [-0.05, 0) is 129 Å². The van der Waals surface area contributed by atoms with Gasteiger partial charge in [0.25, 0.3) is 0 Å². The van der Waals surface area contributed by atoms with Crippen LogP contribution in [0.5, 0.6) is 0 Å². The van der Waals surface area contributed by atoms with Crippen molar-refractivity contribution in [1.82, 2.24) is 19.6 Å². The van der Waals surface area contributed by atoms with Crippen LogP contribution in [0.1, 0.15) is 291 Å². The van der Waals surface area contributed by atoms with Crippen molar-refractivity contribution in [2.24, 2.45) is 0 Å². The van der Waals surface area contributed by atoms with E-state index < -0.39 is 12.2 Å². The van der Waals surface area contributed by atoms with Crippen molar-refractivity contribution in [1.29, 1.82) is 0 Å². The Balaban J connectivity index is 2.38. The van der Waals surface area contributed by atoms with Crippen molar-refractivity contribution in [3.63, 3.8) is 0 Å². The van der Waals surface area contributed by atoms with E-state index in [0.717, 1.165) is 179 Å². The molecule has 4 N–H and O–H groups in total. The van der Waals surface area contributed by atoms with E-state index in [1.54, 1.807) is 0 Å². The third kappa shape index (κ3) is 57.7. The molecule has 0 saturated carbocycles. The second kappa shape index (κ2) is 64.3. The maximum atomic E-state index is 12.8. The maximum absolute atomic E-state index is 12.8. The van der Waals surface area contributed by atoms with Crippen LogP contribution in [-0.2, 0) is 9.53 Å². The SMILES string of the molecule is CCCCC/C=C\C/C=C\CCCCCCC(O)CN(CCCCC(=O)OCCN1CCN(CCSSCCCCN(CC(O)CCCCCCCC)CC(O)CCCCCCCC)CC1)CC(O)CCCCCC/C=C\C/C=C\CCCCC. The standard InChI is InChI=1S/C73H140N4O6S2/c1-5-9-13-17-21-23-25-27-29-31-33-35-39-43-51-69(78)65-76(66-70(79)52-44-40-36-34-32-30-28-26-24-22-18-14-10-6-2)54-46-45-53-73(82)83-62-60-74-56-58-75(59-57-74)61-64-85-84-63-48-47-55-77(67-71(80)49-41-37-19-15-11-7-3)68-72(81)50-42-38-20-16-12-8-4/h21-24,27-30,69-72,78-81H,5-20,25-26,31-68H2,1-4H3/b23-21-,24-22-,29-27-,30-28-. The number of rotatable bonds is 65. The van der Waals surface area contributed by atoms with Crippen LogP contribution in [0.3, 0.4) is 0 Å². The van der Waals surface area contributed by atoms with Gasteiger partial charge < -0.3 is 25.2 Å². The first-order valence-corrected chi connectivity index (χ1v) is 38.8. The Kier molecular flexibility index (Phi) is 61.9. The van der Waals surface area contributed by atoms with E-state index >= 15 is 0 Å². The Labute approximate surface area is 534 Å². The van der Waals surface area contributed by atoms with Gasteiger partial charge in [0.1, 0.15) is 6.61 Å². The molecule has 0 aliphatic carbocycles. The highest BCUT2D eigenvalue weighted by atomic mass is 33.1. The average molecular weight is 1230 g/mol. The highest BCUT2D eigenvalue weighted by Gasteiger charge is 2.20. The number of carbonyl (C=O) groups excluding carboxylic acids is 1. The van der Waals surface area contributed by atoms with Crippen LogP contribution in [0.2, 0.25) is 0 Å². The number of aliphatic hydroxyl groups is 4. The molecular formula is C73H140N4O6S2. The summed E-state index contributed by atoms with van der Waals surface area (Å²) in [5, 5.41) is 44.2. The summed E-state index contributed by atoms with van der Waals surface area (Å²) in [6.07, 6.45) is 63.1. The fourth-order valence-electron chi connectivity index (χ4n) is 11.4. The number of allylic oxidation sites excluding steroid dienone is 8. The van der Waals surface area contributed by atoms with Gasteiger partial charge in [0.15, 0.2) is 0 Å². The Bertz CT molecular complexity index is 1440. The minimum Gasteiger partial charge on any atom is -0.464 e. The van der Waals surface area contributed by atoms with Crippen molar-refractivity contribution in [3.05, 3.63) is 48.6 Å². The molecule has 1 saturated heterocycles. The lowest BCUT2D eigenvalue weighted by molar-refractivity contribution is -0.144. The Hall–Kier alpha value is -1.19. The molecule has 1 aliphatic heterocycles. The third-order valence-corrected chi connectivity index (χ3v) is 19.4. The summed E-state index contributed by atoms with van der Waals surface area (Å²) < 4.78 is 5.73. The molecule has 1 heterocycles. The van der Waals surface area contributed by atoms with Gasteiger partial charge in [-0.25, -0.2) is 0 Å². The molecule has 0 aromatic heterocycles. The zero-order valence-corrected chi connectivity index (χ0v) is 57.9. The molecule has 4 unspecified atom stereocenters. The molecule has 0 aromatic carbocycles. The summed E-state index contributed by atoms with van der Waals surface area (Å²) in [6.45, 7) is 19.7. The first-order chi connectivity index (χ1) is 41.7. The van der Waals surface area contributed by atoms with Crippen LogP contribution in [0.15, 0.2) is 48.6 Å². The molecule has 85 heavy (non-hydrogen) atoms. The molecule has 500 valence electrons. The molecule has 0 aromatic rings. The van der Waals surface area contributed by atoms with Crippen molar-refractivity contribution in [3.8, 4) is 0 Å². The second-order valence-corrected chi connectivity index (χ2v) is 28.0. The largest absolute Gasteiger partial charge is 0.464 e. The Morgan fingerprint density at radius 2 is 0.729 bits per heavy atom. The molecule has 1 fully saturated rings. The third-order valence-electron chi connectivity index (χ3n) is 16.9. The van der Waals surface area contributed by atoms with Gasteiger partial charge in [-0.2, -0.15) is 0 Å². The maximum Gasteiger partial charge on any atom is 0.305 e. The summed E-state index contributed by atoms with van der Waals surface area (Å²) in [5.74, 6) is 2.13. The second-order valence-electron chi connectivity index (χ2n) is 25.3. The highest BCUT2D eigenvalue weighted by Crippen LogP contribution is 2.23. The van der Waals surface area contributed by atoms with E-state index in [2.05, 4.69) is 95.9 Å². The summed E-state index contributed by atoms with van der Waals surface area (Å²) in [5.41, 5.74) is 0. The number of nitrogens with zero attached hydrogens (tertiary/aromatic N) is 4. The fraction of sp³-hybridized carbons (Fsp3) is 0.877. The van der Waals surface area contributed by atoms with Crippen LogP contribution in [-0.4, -0.2) is 167 Å². The molecule has 4 atom stereocenters. The number of esters is 1. The first-order valence-electron chi connectivity index (χ1n) is 36.3. The normalized spacial score (nSPS) is 15.3. The summed E-state index contributed by atoms with van der Waals surface area (Å²) in [7, 11) is 3.98. The molecule has 1 rings (SSSR count). The predicted octanol–water partition coefficient (Wildman–Crippen LogP) is 17.9. The predicted molar refractivity (Wildman–Crippen MR) is 374 cm³/mol. The van der Waals surface area contributed by atoms with Gasteiger partial charge in [-0.15, -0.1) is 0 Å². The van der Waals surface area contributed by atoms with Gasteiger partial charge in [0, 0.05) is 83.4 Å². The van der Waals surface area contributed by atoms with E-state index in [1.165, 1.54) is 141 Å². The van der Waals surface area contributed by atoms with Crippen LogP contribution in [0, 0.1) is 0 Å². The summed E-state index contributed by atoms with van der Waals surface area (Å²) >= 11 is 0. The average Bonchev–Trinajstić information content (AvgIpc) is 3.55. The van der Waals surface area contributed by atoms with Gasteiger partial charge in [-0.3, -0.25) is 24.4 Å². The van der Waals surface area contributed by atoms with Crippen molar-refractivity contribution in [2.75, 3.05) is 96.6 Å². The number of hydrogen-bond acceptors (Lipinski definition) is 12. The summed E-state index contributed by atoms with van der Waals surface area (Å²) in [6, 6.07) is 0. The number of piperazine rings is 1. The van der Waals surface area contributed by atoms with Gasteiger partial charge in [-0.1, -0.05) is 239 Å². The molecular weight excluding hydrogens is 1090 g/mol. The van der Waals surface area contributed by atoms with Crippen LogP contribution >= 0.6 is 21.6 Å². The lowest BCUT2D eigenvalue weighted by Gasteiger charge is -2.34. The van der Waals surface area contributed by atoms with Crippen molar-refractivity contribution in [2.45, 2.75) is 315 Å². The number of hydrogen-bond donors (Lipinski definition) is 4. The zero-order chi connectivity index (χ0) is 61.6. The van der Waals surface area contributed by atoms with Crippen molar-refractivity contribution >= 4 is 27.6 Å². The number of carbonyl (C=O) groups is 1. The van der Waals surface area contributed by atoms with E-state index in [4.69, 9.17) is 4.74 Å². The fourth-order valence-corrected chi connectivity index (χ4v) is 13.6. The molecule has 0 bridgehead atoms. The van der Waals surface area contributed by atoms with E-state index in [9.17, 15) is 25.2 Å². The van der Waals surface area contributed by atoms with E-state index in [0.29, 0.717) is 39.2 Å².